The summed E-state index contributed by atoms with van der Waals surface area (Å²) >= 11 is 0. The maximum Gasteiger partial charge on any atom is 0.291 e. The summed E-state index contributed by atoms with van der Waals surface area (Å²) in [5, 5.41) is 6.49. The summed E-state index contributed by atoms with van der Waals surface area (Å²) in [5.74, 6) is 0.423. The fraction of sp³-hybridized carbons (Fsp3) is 0.800. The van der Waals surface area contributed by atoms with Crippen LogP contribution < -0.4 is 5.73 Å². The van der Waals surface area contributed by atoms with Crippen molar-refractivity contribution in [2.24, 2.45) is 0 Å². The van der Waals surface area contributed by atoms with Gasteiger partial charge in [0, 0.05) is 12.1 Å². The molecule has 0 saturated heterocycles. The van der Waals surface area contributed by atoms with Crippen LogP contribution in [0, 0.1) is 0 Å². The van der Waals surface area contributed by atoms with E-state index in [0.717, 1.165) is 25.7 Å². The minimum absolute atomic E-state index is 0.0157. The van der Waals surface area contributed by atoms with E-state index < -0.39 is 0 Å². The summed E-state index contributed by atoms with van der Waals surface area (Å²) < 4.78 is 0. The predicted molar refractivity (Wildman–Crippen MR) is 80.7 cm³/mol. The lowest BCUT2D eigenvalue weighted by Crippen LogP contribution is -2.49. The molecule has 6 nitrogen and oxygen atoms in total. The second-order valence-corrected chi connectivity index (χ2v) is 6.34. The summed E-state index contributed by atoms with van der Waals surface area (Å²) in [6.07, 6.45) is 11.9. The summed E-state index contributed by atoms with van der Waals surface area (Å²) in [6, 6.07) is 0.723. The average molecular weight is 291 g/mol. The van der Waals surface area contributed by atoms with Crippen molar-refractivity contribution in [3.05, 3.63) is 5.82 Å². The van der Waals surface area contributed by atoms with Gasteiger partial charge >= 0.3 is 0 Å². The number of nitrogens with one attached hydrogen (secondary N) is 1. The number of carbonyl (C=O) groups excluding carboxylic acids is 1. The van der Waals surface area contributed by atoms with E-state index in [4.69, 9.17) is 5.73 Å². The van der Waals surface area contributed by atoms with Crippen LogP contribution in [0.5, 0.6) is 0 Å². The van der Waals surface area contributed by atoms with Crippen molar-refractivity contribution in [3.63, 3.8) is 0 Å². The number of carbonyl (C=O) groups is 1. The lowest BCUT2D eigenvalue weighted by Gasteiger charge is -2.41. The highest BCUT2D eigenvalue weighted by atomic mass is 16.2. The van der Waals surface area contributed by atoms with Gasteiger partial charge in [0.1, 0.15) is 0 Å². The number of aromatic amines is 1. The highest BCUT2D eigenvalue weighted by molar-refractivity contribution is 5.91. The second-order valence-electron chi connectivity index (χ2n) is 6.34. The molecule has 0 aromatic carbocycles. The van der Waals surface area contributed by atoms with Crippen LogP contribution in [-0.2, 0) is 0 Å². The first-order valence-electron chi connectivity index (χ1n) is 8.26. The summed E-state index contributed by atoms with van der Waals surface area (Å²) in [7, 11) is 0. The fourth-order valence-electron chi connectivity index (χ4n) is 3.84. The van der Waals surface area contributed by atoms with Crippen molar-refractivity contribution in [2.45, 2.75) is 76.3 Å². The Kier molecular flexibility index (Phi) is 4.41. The third-order valence-corrected chi connectivity index (χ3v) is 4.88. The number of aromatic nitrogens is 3. The number of hydrogen-bond acceptors (Lipinski definition) is 4. The number of nitrogens with two attached hydrogens (primary N) is 1. The van der Waals surface area contributed by atoms with Crippen LogP contribution in [0.15, 0.2) is 0 Å². The van der Waals surface area contributed by atoms with E-state index in [1.54, 1.807) is 0 Å². The number of H-pyrrole nitrogens is 1. The van der Waals surface area contributed by atoms with Crippen molar-refractivity contribution in [1.82, 2.24) is 20.1 Å². The van der Waals surface area contributed by atoms with Crippen molar-refractivity contribution in [2.75, 3.05) is 5.73 Å². The van der Waals surface area contributed by atoms with E-state index in [2.05, 4.69) is 20.1 Å². The third kappa shape index (κ3) is 3.19. The molecule has 6 heteroatoms. The van der Waals surface area contributed by atoms with E-state index in [0.29, 0.717) is 17.9 Å². The molecule has 3 N–H and O–H groups in total. The molecule has 1 aromatic rings. The van der Waals surface area contributed by atoms with E-state index in [9.17, 15) is 4.79 Å². The molecule has 0 spiro atoms. The van der Waals surface area contributed by atoms with Gasteiger partial charge in [0.2, 0.25) is 11.8 Å². The number of anilines is 1. The molecule has 0 aliphatic heterocycles. The van der Waals surface area contributed by atoms with Crippen molar-refractivity contribution in [3.8, 4) is 0 Å². The molecule has 0 unspecified atom stereocenters. The van der Waals surface area contributed by atoms with Gasteiger partial charge in [-0.25, -0.2) is 0 Å². The number of nitrogens with zero attached hydrogens (tertiary/aromatic N) is 3. The number of amides is 1. The smallest absolute Gasteiger partial charge is 0.291 e. The zero-order chi connectivity index (χ0) is 14.7. The molecule has 1 aromatic heterocycles. The van der Waals surface area contributed by atoms with Crippen molar-refractivity contribution >= 4 is 11.9 Å². The molecule has 1 heterocycles. The molecule has 2 aliphatic carbocycles. The van der Waals surface area contributed by atoms with Gasteiger partial charge in [-0.15, -0.1) is 5.10 Å². The average Bonchev–Trinajstić information content (AvgIpc) is 2.96. The van der Waals surface area contributed by atoms with Gasteiger partial charge in [0.25, 0.3) is 5.91 Å². The lowest BCUT2D eigenvalue weighted by molar-refractivity contribution is 0.0436. The Bertz CT molecular complexity index is 456. The topological polar surface area (TPSA) is 87.9 Å². The first-order chi connectivity index (χ1) is 10.3. The minimum Gasteiger partial charge on any atom is -0.366 e. The molecular formula is C15H25N5O. The van der Waals surface area contributed by atoms with Crippen LogP contribution in [0.25, 0.3) is 0 Å². The summed E-state index contributed by atoms with van der Waals surface area (Å²) in [5.41, 5.74) is 5.55. The van der Waals surface area contributed by atoms with Gasteiger partial charge in [-0.3, -0.25) is 9.89 Å². The Morgan fingerprint density at radius 2 is 1.52 bits per heavy atom. The van der Waals surface area contributed by atoms with Gasteiger partial charge in [0.05, 0.1) is 0 Å². The summed E-state index contributed by atoms with van der Waals surface area (Å²) in [4.78, 5) is 19.0. The Labute approximate surface area is 125 Å². The molecule has 0 bridgehead atoms. The SMILES string of the molecule is Nc1n[nH]c(C(=O)N(C2CCCCC2)C2CCCCC2)n1. The van der Waals surface area contributed by atoms with Gasteiger partial charge in [0.15, 0.2) is 0 Å². The Hall–Kier alpha value is -1.59. The molecule has 2 saturated carbocycles. The van der Waals surface area contributed by atoms with Crippen LogP contribution in [0.1, 0.15) is 74.8 Å². The number of hydrogen-bond donors (Lipinski definition) is 2. The predicted octanol–water partition coefficient (Wildman–Crippen LogP) is 2.49. The molecule has 1 amide bonds. The lowest BCUT2D eigenvalue weighted by atomic mass is 9.88. The highest BCUT2D eigenvalue weighted by Crippen LogP contribution is 2.31. The number of nitrogen functional groups attached to an aromatic ring is 1. The maximum atomic E-state index is 12.9. The van der Waals surface area contributed by atoms with Gasteiger partial charge < -0.3 is 10.6 Å². The van der Waals surface area contributed by atoms with Crippen molar-refractivity contribution in [1.29, 1.82) is 0 Å². The standard InChI is InChI=1S/C15H25N5O/c16-15-17-13(18-19-15)14(21)20(11-7-3-1-4-8-11)12-9-5-2-6-10-12/h11-12H,1-10H2,(H3,16,17,18,19). The fourth-order valence-corrected chi connectivity index (χ4v) is 3.84. The number of rotatable bonds is 3. The highest BCUT2D eigenvalue weighted by Gasteiger charge is 2.34. The third-order valence-electron chi connectivity index (χ3n) is 4.88. The van der Waals surface area contributed by atoms with Crippen LogP contribution in [0.4, 0.5) is 5.95 Å². The van der Waals surface area contributed by atoms with Crippen LogP contribution in [0.2, 0.25) is 0 Å². The Balaban J connectivity index is 1.81. The molecule has 2 fully saturated rings. The van der Waals surface area contributed by atoms with Crippen LogP contribution in [0.3, 0.4) is 0 Å². The quantitative estimate of drug-likeness (QED) is 0.895. The van der Waals surface area contributed by atoms with E-state index in [-0.39, 0.29) is 11.9 Å². The van der Waals surface area contributed by atoms with E-state index in [1.165, 1.54) is 38.5 Å². The van der Waals surface area contributed by atoms with E-state index >= 15 is 0 Å². The van der Waals surface area contributed by atoms with Crippen LogP contribution in [-0.4, -0.2) is 38.1 Å². The molecule has 0 atom stereocenters. The maximum absolute atomic E-state index is 12.9. The van der Waals surface area contributed by atoms with E-state index in [1.807, 2.05) is 0 Å². The zero-order valence-electron chi connectivity index (χ0n) is 12.6. The minimum atomic E-state index is -0.0157. The van der Waals surface area contributed by atoms with Crippen molar-refractivity contribution < 1.29 is 4.79 Å². The van der Waals surface area contributed by atoms with Crippen LogP contribution >= 0.6 is 0 Å². The normalized spacial score (nSPS) is 21.3. The molecule has 2 aliphatic rings. The molecule has 3 rings (SSSR count). The Morgan fingerprint density at radius 3 is 1.95 bits per heavy atom. The summed E-state index contributed by atoms with van der Waals surface area (Å²) in [6.45, 7) is 0. The van der Waals surface area contributed by atoms with Gasteiger partial charge in [-0.05, 0) is 25.7 Å². The first-order valence-corrected chi connectivity index (χ1v) is 8.26. The Morgan fingerprint density at radius 1 is 1.00 bits per heavy atom. The monoisotopic (exact) mass is 291 g/mol. The first kappa shape index (κ1) is 14.4. The zero-order valence-corrected chi connectivity index (χ0v) is 12.6. The van der Waals surface area contributed by atoms with Gasteiger partial charge in [-0.1, -0.05) is 38.5 Å². The van der Waals surface area contributed by atoms with Gasteiger partial charge in [-0.2, -0.15) is 4.98 Å². The molecular weight excluding hydrogens is 266 g/mol. The molecule has 116 valence electrons. The molecule has 21 heavy (non-hydrogen) atoms. The molecule has 0 radical (unpaired) electrons. The largest absolute Gasteiger partial charge is 0.366 e. The second kappa shape index (κ2) is 6.45.